The molecule has 4 rings (SSSR count). The Labute approximate surface area is 182 Å². The molecule has 0 bridgehead atoms. The molecule has 0 aliphatic heterocycles. The van der Waals surface area contributed by atoms with Crippen molar-refractivity contribution in [3.05, 3.63) is 87.2 Å². The molecule has 0 saturated carbocycles. The minimum absolute atomic E-state index is 0.248. The van der Waals surface area contributed by atoms with Crippen molar-refractivity contribution in [2.45, 2.75) is 6.92 Å². The molecule has 1 aromatic heterocycles. The van der Waals surface area contributed by atoms with Crippen LogP contribution >= 0.6 is 34.5 Å². The number of nitrogens with zero attached hydrogens (tertiary/aromatic N) is 1. The third-order valence-corrected chi connectivity index (χ3v) is 6.21. The van der Waals surface area contributed by atoms with E-state index in [1.54, 1.807) is 18.2 Å². The fourth-order valence-electron chi connectivity index (χ4n) is 3.03. The van der Waals surface area contributed by atoms with Crippen LogP contribution in [0.15, 0.2) is 66.0 Å². The molecule has 29 heavy (non-hydrogen) atoms. The van der Waals surface area contributed by atoms with Crippen molar-refractivity contribution in [3.63, 3.8) is 0 Å². The summed E-state index contributed by atoms with van der Waals surface area (Å²) in [6.45, 7) is 2.00. The molecule has 144 valence electrons. The average molecular weight is 440 g/mol. The Morgan fingerprint density at radius 2 is 1.59 bits per heavy atom. The molecule has 0 radical (unpaired) electrons. The van der Waals surface area contributed by atoms with E-state index in [-0.39, 0.29) is 5.56 Å². The van der Waals surface area contributed by atoms with Crippen molar-refractivity contribution in [2.24, 2.45) is 0 Å². The molecule has 0 saturated heterocycles. The number of hydrogen-bond donors (Lipinski definition) is 1. The van der Waals surface area contributed by atoms with Crippen LogP contribution in [0, 0.1) is 6.92 Å². The number of aromatic nitrogens is 1. The fraction of sp³-hybridized carbons (Fsp3) is 0.0435. The van der Waals surface area contributed by atoms with Crippen molar-refractivity contribution < 1.29 is 9.90 Å². The zero-order chi connectivity index (χ0) is 20.5. The van der Waals surface area contributed by atoms with E-state index < -0.39 is 5.97 Å². The molecular weight excluding hydrogens is 425 g/mol. The monoisotopic (exact) mass is 439 g/mol. The first-order valence-electron chi connectivity index (χ1n) is 8.78. The summed E-state index contributed by atoms with van der Waals surface area (Å²) in [5.41, 5.74) is 5.31. The Morgan fingerprint density at radius 1 is 0.897 bits per heavy atom. The highest BCUT2D eigenvalue weighted by Gasteiger charge is 2.15. The van der Waals surface area contributed by atoms with Gasteiger partial charge in [-0.2, -0.15) is 0 Å². The van der Waals surface area contributed by atoms with E-state index in [0.717, 1.165) is 33.0 Å². The molecule has 6 heteroatoms. The number of carboxylic acid groups (broad SMARTS) is 1. The van der Waals surface area contributed by atoms with Crippen LogP contribution in [0.2, 0.25) is 10.0 Å². The minimum Gasteiger partial charge on any atom is -0.478 e. The van der Waals surface area contributed by atoms with Gasteiger partial charge in [0.05, 0.1) is 21.3 Å². The van der Waals surface area contributed by atoms with E-state index in [0.29, 0.717) is 15.6 Å². The van der Waals surface area contributed by atoms with E-state index in [2.05, 4.69) is 4.98 Å². The maximum absolute atomic E-state index is 11.9. The molecule has 0 amide bonds. The molecule has 0 atom stereocenters. The summed E-state index contributed by atoms with van der Waals surface area (Å²) < 4.78 is 0. The van der Waals surface area contributed by atoms with Crippen molar-refractivity contribution in [1.82, 2.24) is 4.98 Å². The van der Waals surface area contributed by atoms with Crippen LogP contribution in [0.1, 0.15) is 15.9 Å². The van der Waals surface area contributed by atoms with Crippen molar-refractivity contribution in [2.75, 3.05) is 0 Å². The molecule has 0 spiro atoms. The van der Waals surface area contributed by atoms with E-state index in [1.807, 2.05) is 54.8 Å². The van der Waals surface area contributed by atoms with Crippen molar-refractivity contribution >= 4 is 40.5 Å². The van der Waals surface area contributed by atoms with Gasteiger partial charge < -0.3 is 5.11 Å². The second-order valence-electron chi connectivity index (χ2n) is 6.60. The third-order valence-electron chi connectivity index (χ3n) is 4.58. The predicted molar refractivity (Wildman–Crippen MR) is 120 cm³/mol. The summed E-state index contributed by atoms with van der Waals surface area (Å²) in [6, 6.07) is 18.6. The van der Waals surface area contributed by atoms with Crippen LogP contribution < -0.4 is 0 Å². The van der Waals surface area contributed by atoms with Gasteiger partial charge in [0.25, 0.3) is 0 Å². The molecule has 0 unspecified atom stereocenters. The normalized spacial score (nSPS) is 10.9. The standard InChI is InChI=1S/C23H15Cl2NO2S/c1-13-2-4-14(5-3-13)17-8-6-16(10-18(17)23(27)28)22-26-21(12-29-22)15-7-9-19(24)20(25)11-15/h2-12H,1H3,(H,27,28). The van der Waals surface area contributed by atoms with Gasteiger partial charge >= 0.3 is 5.97 Å². The SMILES string of the molecule is Cc1ccc(-c2ccc(-c3nc(-c4ccc(Cl)c(Cl)c4)cs3)cc2C(=O)O)cc1. The largest absolute Gasteiger partial charge is 0.478 e. The zero-order valence-electron chi connectivity index (χ0n) is 15.3. The van der Waals surface area contributed by atoms with E-state index in [9.17, 15) is 9.90 Å². The smallest absolute Gasteiger partial charge is 0.336 e. The molecule has 0 fully saturated rings. The first-order valence-corrected chi connectivity index (χ1v) is 10.4. The first-order chi connectivity index (χ1) is 13.9. The van der Waals surface area contributed by atoms with Gasteiger partial charge in [0.1, 0.15) is 5.01 Å². The third kappa shape index (κ3) is 4.06. The van der Waals surface area contributed by atoms with Crippen molar-refractivity contribution in [1.29, 1.82) is 0 Å². The Bertz CT molecular complexity index is 1220. The second kappa shape index (κ2) is 7.99. The van der Waals surface area contributed by atoms with Crippen LogP contribution in [0.5, 0.6) is 0 Å². The van der Waals surface area contributed by atoms with Gasteiger partial charge in [0.15, 0.2) is 0 Å². The highest BCUT2D eigenvalue weighted by molar-refractivity contribution is 7.13. The van der Waals surface area contributed by atoms with E-state index >= 15 is 0 Å². The number of benzene rings is 3. The van der Waals surface area contributed by atoms with Crippen LogP contribution in [-0.4, -0.2) is 16.1 Å². The Kier molecular flexibility index (Phi) is 5.41. The molecule has 1 N–H and O–H groups in total. The quantitative estimate of drug-likeness (QED) is 0.358. The van der Waals surface area contributed by atoms with Gasteiger partial charge in [-0.25, -0.2) is 9.78 Å². The van der Waals surface area contributed by atoms with Gasteiger partial charge in [0, 0.05) is 16.5 Å². The van der Waals surface area contributed by atoms with Gasteiger partial charge in [-0.3, -0.25) is 0 Å². The van der Waals surface area contributed by atoms with Crippen LogP contribution in [0.4, 0.5) is 0 Å². The number of halogens is 2. The summed E-state index contributed by atoms with van der Waals surface area (Å²) in [7, 11) is 0. The molecule has 4 aromatic rings. The summed E-state index contributed by atoms with van der Waals surface area (Å²) in [4.78, 5) is 16.6. The number of hydrogen-bond acceptors (Lipinski definition) is 3. The highest BCUT2D eigenvalue weighted by atomic mass is 35.5. The second-order valence-corrected chi connectivity index (χ2v) is 8.27. The summed E-state index contributed by atoms with van der Waals surface area (Å²) in [5, 5.41) is 13.4. The van der Waals surface area contributed by atoms with Gasteiger partial charge in [-0.05, 0) is 36.2 Å². The van der Waals surface area contributed by atoms with Crippen LogP contribution in [-0.2, 0) is 0 Å². The fourth-order valence-corrected chi connectivity index (χ4v) is 4.16. The number of rotatable bonds is 4. The molecular formula is C23H15Cl2NO2S. The Balaban J connectivity index is 1.73. The topological polar surface area (TPSA) is 50.2 Å². The van der Waals surface area contributed by atoms with Gasteiger partial charge in [-0.1, -0.05) is 71.2 Å². The van der Waals surface area contributed by atoms with Crippen LogP contribution in [0.25, 0.3) is 33.0 Å². The number of carboxylic acids is 1. The molecule has 3 nitrogen and oxygen atoms in total. The van der Waals surface area contributed by atoms with E-state index in [1.165, 1.54) is 11.3 Å². The highest BCUT2D eigenvalue weighted by Crippen LogP contribution is 2.34. The molecule has 0 aliphatic rings. The molecule has 1 heterocycles. The summed E-state index contributed by atoms with van der Waals surface area (Å²) in [5.74, 6) is -0.969. The maximum Gasteiger partial charge on any atom is 0.336 e. The predicted octanol–water partition coefficient (Wildman–Crippen LogP) is 7.46. The summed E-state index contributed by atoms with van der Waals surface area (Å²) >= 11 is 13.5. The minimum atomic E-state index is -0.969. The van der Waals surface area contributed by atoms with Gasteiger partial charge in [-0.15, -0.1) is 11.3 Å². The van der Waals surface area contributed by atoms with E-state index in [4.69, 9.17) is 23.2 Å². The van der Waals surface area contributed by atoms with Crippen LogP contribution in [0.3, 0.4) is 0 Å². The number of carbonyl (C=O) groups is 1. The Morgan fingerprint density at radius 3 is 2.28 bits per heavy atom. The first kappa shape index (κ1) is 19.6. The van der Waals surface area contributed by atoms with Gasteiger partial charge in [0.2, 0.25) is 0 Å². The number of aryl methyl sites for hydroxylation is 1. The lowest BCUT2D eigenvalue weighted by atomic mass is 9.97. The average Bonchev–Trinajstić information content (AvgIpc) is 3.20. The molecule has 3 aromatic carbocycles. The lowest BCUT2D eigenvalue weighted by Gasteiger charge is -2.09. The zero-order valence-corrected chi connectivity index (χ0v) is 17.6. The maximum atomic E-state index is 11.9. The molecule has 0 aliphatic carbocycles. The lowest BCUT2D eigenvalue weighted by molar-refractivity contribution is 0.0698. The number of aromatic carboxylic acids is 1. The Hall–Kier alpha value is -2.66. The lowest BCUT2D eigenvalue weighted by Crippen LogP contribution is -2.00. The number of thiazole rings is 1. The van der Waals surface area contributed by atoms with Crippen molar-refractivity contribution in [3.8, 4) is 33.0 Å². The summed E-state index contributed by atoms with van der Waals surface area (Å²) in [6.07, 6.45) is 0.